The van der Waals surface area contributed by atoms with Gasteiger partial charge in [0.15, 0.2) is 0 Å². The fourth-order valence-corrected chi connectivity index (χ4v) is 0. The molecule has 10 heteroatoms. The van der Waals surface area contributed by atoms with Crippen molar-refractivity contribution in [3.8, 4) is 0 Å². The van der Waals surface area contributed by atoms with E-state index in [9.17, 15) is 0 Å². The van der Waals surface area contributed by atoms with E-state index < -0.39 is 12.3 Å². The van der Waals surface area contributed by atoms with Crippen molar-refractivity contribution in [1.29, 1.82) is 0 Å². The van der Waals surface area contributed by atoms with Crippen molar-refractivity contribution in [2.75, 3.05) is 0 Å². The molecule has 0 aliphatic rings. The molecule has 0 heterocycles. The van der Waals surface area contributed by atoms with E-state index in [0.29, 0.717) is 0 Å². The second-order valence-corrected chi connectivity index (χ2v) is 0.565. The van der Waals surface area contributed by atoms with Crippen LogP contribution >= 0.6 is 11.9 Å². The molecule has 0 amide bonds. The van der Waals surface area contributed by atoms with Gasteiger partial charge in [0.1, 0.15) is 0 Å². The summed E-state index contributed by atoms with van der Waals surface area (Å²) in [6.45, 7) is 0. The Morgan fingerprint density at radius 2 is 0.833 bits per heavy atom. The first kappa shape index (κ1) is 29.2. The van der Waals surface area contributed by atoms with Crippen molar-refractivity contribution in [2.24, 2.45) is 0 Å². The summed E-state index contributed by atoms with van der Waals surface area (Å²) >= 11 is 3.64. The van der Waals surface area contributed by atoms with Crippen LogP contribution in [-0.2, 0) is 0 Å². The van der Waals surface area contributed by atoms with Crippen LogP contribution in [0.25, 0.3) is 0 Å². The van der Waals surface area contributed by atoms with E-state index in [0.717, 1.165) is 0 Å². The fraction of sp³-hybridized carbons (Fsp3) is 0. The van der Waals surface area contributed by atoms with Gasteiger partial charge in [-0.1, -0.05) is 0 Å². The van der Waals surface area contributed by atoms with Crippen LogP contribution in [0.3, 0.4) is 0 Å². The van der Waals surface area contributed by atoms with Crippen LogP contribution in [0.1, 0.15) is 0 Å². The van der Waals surface area contributed by atoms with Gasteiger partial charge in [0, 0.05) is 0 Å². The van der Waals surface area contributed by atoms with E-state index in [-0.39, 0.29) is 67.3 Å². The second-order valence-electron chi connectivity index (χ2n) is 0.565. The maximum absolute atomic E-state index is 8.56. The molecule has 0 aliphatic carbocycles. The van der Waals surface area contributed by atoms with E-state index in [1.807, 2.05) is 0 Å². The predicted molar refractivity (Wildman–Crippen MR) is 45.1 cm³/mol. The number of rotatable bonds is 0. The summed E-state index contributed by atoms with van der Waals surface area (Å²) in [5, 5.41) is 27.9. The first-order chi connectivity index (χ1) is 4.46. The summed E-state index contributed by atoms with van der Waals surface area (Å²) in [5.41, 5.74) is 0. The number of carboxylic acid groups (broad SMARTS) is 4. The summed E-state index contributed by atoms with van der Waals surface area (Å²) in [5.74, 6) is 0. The zero-order valence-corrected chi connectivity index (χ0v) is 5.19. The molecule has 0 aliphatic heterocycles. The van der Waals surface area contributed by atoms with Crippen molar-refractivity contribution in [3.63, 3.8) is 0 Å². The Hall–Kier alpha value is 1.05. The molecule has 0 saturated carbocycles. The van der Waals surface area contributed by atoms with Crippen molar-refractivity contribution in [2.45, 2.75) is 0 Å². The van der Waals surface area contributed by atoms with E-state index >= 15 is 0 Å². The molecule has 0 aromatic carbocycles. The van der Waals surface area contributed by atoms with Gasteiger partial charge >= 0.3 is 79.6 Å². The minimum atomic E-state index is -1.83. The van der Waals surface area contributed by atoms with Crippen LogP contribution in [0, 0.1) is 0 Å². The number of halogens is 1. The molecule has 0 radical (unpaired) electrons. The van der Waals surface area contributed by atoms with Gasteiger partial charge in [-0.25, -0.2) is 9.59 Å². The van der Waals surface area contributed by atoms with Crippen molar-refractivity contribution >= 4 is 91.5 Å². The molecule has 0 bridgehead atoms. The van der Waals surface area contributed by atoms with Gasteiger partial charge in [-0.2, -0.15) is 0 Å². The Bertz CT molecular complexity index is 79.4. The molecule has 0 atom stereocenters. The van der Waals surface area contributed by atoms with Gasteiger partial charge in [0.2, 0.25) is 0 Å². The molecule has 0 saturated heterocycles. The van der Waals surface area contributed by atoms with Crippen molar-refractivity contribution < 1.29 is 34.7 Å². The Morgan fingerprint density at radius 1 is 0.833 bits per heavy atom. The van der Waals surface area contributed by atoms with Crippen LogP contribution in [-0.4, -0.2) is 105 Å². The van der Waals surface area contributed by atoms with Crippen LogP contribution < -0.4 is 0 Å². The van der Waals surface area contributed by atoms with Gasteiger partial charge in [0.25, 0.3) is 0 Å². The molecule has 5 N–H and O–H groups in total. The van der Waals surface area contributed by atoms with E-state index in [2.05, 4.69) is 11.9 Å². The first-order valence-corrected chi connectivity index (χ1v) is 1.81. The van der Waals surface area contributed by atoms with Gasteiger partial charge < -0.3 is 20.4 Å². The van der Waals surface area contributed by atoms with E-state index in [1.165, 1.54) is 0 Å². The average Bonchev–Trinajstić information content (AvgIpc) is 1.66. The quantitative estimate of drug-likeness (QED) is 0.344. The Kier molecular flexibility index (Phi) is 72.1. The third-order valence-corrected chi connectivity index (χ3v) is 0. The fourth-order valence-electron chi connectivity index (χ4n) is 0. The normalized spacial score (nSPS) is 4.50. The molecular weight excluding hydrogens is 235 g/mol. The van der Waals surface area contributed by atoms with E-state index in [4.69, 9.17) is 34.7 Å². The molecular formula is C2H8CaClNaO7. The second kappa shape index (κ2) is 29.6. The minimum absolute atomic E-state index is 0. The molecule has 12 heavy (non-hydrogen) atoms. The molecule has 0 aromatic rings. The third kappa shape index (κ3) is 1010. The van der Waals surface area contributed by atoms with E-state index in [1.54, 1.807) is 0 Å². The topological polar surface area (TPSA) is 135 Å². The third-order valence-electron chi connectivity index (χ3n) is 0. The molecule has 0 spiro atoms. The zero-order valence-electron chi connectivity index (χ0n) is 4.43. The monoisotopic (exact) mass is 242 g/mol. The number of carbonyl (C=O) groups is 2. The SMILES string of the molecule is O=C(O)O.O=C(O)O.OCl.[CaH2].[NaH]. The molecule has 7 nitrogen and oxygen atoms in total. The molecule has 0 unspecified atom stereocenters. The van der Waals surface area contributed by atoms with Crippen LogP contribution in [0.2, 0.25) is 0 Å². The molecule has 0 rings (SSSR count). The van der Waals surface area contributed by atoms with Crippen LogP contribution in [0.15, 0.2) is 0 Å². The Morgan fingerprint density at radius 3 is 0.833 bits per heavy atom. The van der Waals surface area contributed by atoms with Gasteiger partial charge in [-0.3, -0.25) is 4.66 Å². The zero-order chi connectivity index (χ0) is 9.15. The van der Waals surface area contributed by atoms with Crippen molar-refractivity contribution in [3.05, 3.63) is 0 Å². The van der Waals surface area contributed by atoms with Crippen LogP contribution in [0.5, 0.6) is 0 Å². The Balaban J connectivity index is -0.0000000198. The van der Waals surface area contributed by atoms with Crippen LogP contribution in [0.4, 0.5) is 9.59 Å². The first-order valence-electron chi connectivity index (χ1n) is 1.47. The molecule has 68 valence electrons. The van der Waals surface area contributed by atoms with Gasteiger partial charge in [0.05, 0.1) is 11.9 Å². The number of hydrogen-bond donors (Lipinski definition) is 5. The average molecular weight is 243 g/mol. The standard InChI is InChI=1S/2CH2O3.Ca.ClHO.Na.3H/c2*2-1(3)4;;1-2;;;;/h2*(H2,2,3,4);;2H;;;;. The molecule has 0 fully saturated rings. The number of hydrogen-bond acceptors (Lipinski definition) is 3. The van der Waals surface area contributed by atoms with Crippen molar-refractivity contribution in [1.82, 2.24) is 0 Å². The van der Waals surface area contributed by atoms with Gasteiger partial charge in [-0.15, -0.1) is 0 Å². The predicted octanol–water partition coefficient (Wildman–Crippen LogP) is -0.987. The molecule has 0 aromatic heterocycles. The summed E-state index contributed by atoms with van der Waals surface area (Å²) in [7, 11) is 0. The summed E-state index contributed by atoms with van der Waals surface area (Å²) in [6.07, 6.45) is -3.67. The maximum atomic E-state index is 8.56. The summed E-state index contributed by atoms with van der Waals surface area (Å²) in [6, 6.07) is 0. The summed E-state index contributed by atoms with van der Waals surface area (Å²) < 4.78 is 6.47. The summed E-state index contributed by atoms with van der Waals surface area (Å²) in [4.78, 5) is 17.1. The Labute approximate surface area is 124 Å². The van der Waals surface area contributed by atoms with Gasteiger partial charge in [-0.05, 0) is 0 Å².